The maximum Gasteiger partial charge on any atom is 0.315 e. The molecule has 1 spiro atoms. The number of carbonyl (C=O) groups is 2. The highest BCUT2D eigenvalue weighted by atomic mass is 35.5. The summed E-state index contributed by atoms with van der Waals surface area (Å²) in [6.07, 6.45) is 9.91. The van der Waals surface area contributed by atoms with Gasteiger partial charge in [0.2, 0.25) is 5.91 Å². The number of rotatable bonds is 4. The topological polar surface area (TPSA) is 86.4 Å². The number of urea groups is 1. The number of amides is 3. The monoisotopic (exact) mass is 563 g/mol. The van der Waals surface area contributed by atoms with Gasteiger partial charge in [-0.15, -0.1) is 0 Å². The average molecular weight is 564 g/mol. The molecular formula is C32H42ClN5O2. The average Bonchev–Trinajstić information content (AvgIpc) is 3.43. The van der Waals surface area contributed by atoms with E-state index in [0.29, 0.717) is 35.5 Å². The number of hydrogen-bond donors (Lipinski definition) is 3. The van der Waals surface area contributed by atoms with E-state index in [-0.39, 0.29) is 23.4 Å². The molecule has 3 amide bonds. The van der Waals surface area contributed by atoms with Crippen molar-refractivity contribution in [1.82, 2.24) is 25.8 Å². The van der Waals surface area contributed by atoms with Crippen molar-refractivity contribution in [2.24, 2.45) is 11.8 Å². The molecule has 214 valence electrons. The molecule has 3 fully saturated rings. The Morgan fingerprint density at radius 3 is 2.62 bits per heavy atom. The van der Waals surface area contributed by atoms with E-state index in [9.17, 15) is 9.59 Å². The quantitative estimate of drug-likeness (QED) is 0.440. The van der Waals surface area contributed by atoms with E-state index in [0.717, 1.165) is 50.0 Å². The van der Waals surface area contributed by atoms with E-state index < -0.39 is 0 Å². The summed E-state index contributed by atoms with van der Waals surface area (Å²) in [5, 5.41) is 9.71. The first-order valence-corrected chi connectivity index (χ1v) is 15.6. The van der Waals surface area contributed by atoms with Crippen molar-refractivity contribution in [2.45, 2.75) is 81.2 Å². The molecule has 4 aliphatic rings. The van der Waals surface area contributed by atoms with Crippen molar-refractivity contribution < 1.29 is 9.59 Å². The Kier molecular flexibility index (Phi) is 8.04. The van der Waals surface area contributed by atoms with E-state index in [2.05, 4.69) is 57.2 Å². The van der Waals surface area contributed by atoms with Gasteiger partial charge in [-0.05, 0) is 67.6 Å². The highest BCUT2D eigenvalue weighted by Gasteiger charge is 2.54. The summed E-state index contributed by atoms with van der Waals surface area (Å²) in [5.74, 6) is 1.22. The summed E-state index contributed by atoms with van der Waals surface area (Å²) in [6, 6.07) is 14.6. The number of aromatic nitrogens is 1. The van der Waals surface area contributed by atoms with E-state index in [4.69, 9.17) is 16.6 Å². The van der Waals surface area contributed by atoms with Gasteiger partial charge in [-0.1, -0.05) is 67.3 Å². The van der Waals surface area contributed by atoms with Crippen LogP contribution in [-0.4, -0.2) is 54.5 Å². The van der Waals surface area contributed by atoms with Crippen LogP contribution in [0.15, 0.2) is 42.5 Å². The molecule has 1 aromatic carbocycles. The summed E-state index contributed by atoms with van der Waals surface area (Å²) >= 11 is 6.37. The summed E-state index contributed by atoms with van der Waals surface area (Å²) in [6.45, 7) is 2.23. The molecule has 2 aliphatic heterocycles. The molecule has 3 heterocycles. The van der Waals surface area contributed by atoms with Crippen LogP contribution in [0, 0.1) is 11.8 Å². The molecule has 2 saturated heterocycles. The summed E-state index contributed by atoms with van der Waals surface area (Å²) in [4.78, 5) is 33.9. The summed E-state index contributed by atoms with van der Waals surface area (Å²) in [7, 11) is 1.62. The molecule has 8 heteroatoms. The SMILES string of the molecule is CNC(=O)NC1CC[C@]2(CNCC2C(=O)N2CC[C@@H](c3ccccc3)C[C@H]2C2CCCCC2)c2ccc(Cl)nc21. The Hall–Kier alpha value is -2.64. The number of hydrogen-bond acceptors (Lipinski definition) is 4. The predicted molar refractivity (Wildman–Crippen MR) is 157 cm³/mol. The number of nitrogens with zero attached hydrogens (tertiary/aromatic N) is 2. The van der Waals surface area contributed by atoms with Gasteiger partial charge >= 0.3 is 6.03 Å². The second-order valence-corrected chi connectivity index (χ2v) is 12.7. The number of nitrogens with one attached hydrogen (secondary N) is 3. The van der Waals surface area contributed by atoms with E-state index in [1.54, 1.807) is 7.05 Å². The van der Waals surface area contributed by atoms with Gasteiger partial charge in [-0.3, -0.25) is 4.79 Å². The van der Waals surface area contributed by atoms with Crippen molar-refractivity contribution in [1.29, 1.82) is 0 Å². The first kappa shape index (κ1) is 27.5. The number of benzene rings is 1. The smallest absolute Gasteiger partial charge is 0.315 e. The van der Waals surface area contributed by atoms with Crippen LogP contribution < -0.4 is 16.0 Å². The molecule has 0 bridgehead atoms. The number of fused-ring (bicyclic) bond motifs is 2. The Bertz CT molecular complexity index is 1220. The number of likely N-dealkylation sites (tertiary alicyclic amines) is 1. The van der Waals surface area contributed by atoms with Crippen LogP contribution in [0.2, 0.25) is 5.15 Å². The molecule has 3 N–H and O–H groups in total. The molecular weight excluding hydrogens is 522 g/mol. The minimum atomic E-state index is -0.349. The first-order chi connectivity index (χ1) is 19.5. The van der Waals surface area contributed by atoms with E-state index in [1.807, 2.05) is 6.07 Å². The van der Waals surface area contributed by atoms with Gasteiger partial charge in [0.05, 0.1) is 17.7 Å². The fraction of sp³-hybridized carbons (Fsp3) is 0.594. The zero-order chi connectivity index (χ0) is 27.7. The summed E-state index contributed by atoms with van der Waals surface area (Å²) in [5.41, 5.74) is 2.92. The molecule has 1 saturated carbocycles. The maximum absolute atomic E-state index is 14.7. The third-order valence-electron chi connectivity index (χ3n) is 10.3. The minimum absolute atomic E-state index is 0.158. The molecule has 2 aromatic rings. The van der Waals surface area contributed by atoms with Crippen LogP contribution in [0.4, 0.5) is 4.79 Å². The van der Waals surface area contributed by atoms with Crippen molar-refractivity contribution >= 4 is 23.5 Å². The van der Waals surface area contributed by atoms with E-state index >= 15 is 0 Å². The van der Waals surface area contributed by atoms with Gasteiger partial charge in [0, 0.05) is 38.1 Å². The van der Waals surface area contributed by atoms with Gasteiger partial charge < -0.3 is 20.9 Å². The second kappa shape index (κ2) is 11.7. The normalized spacial score (nSPS) is 30.6. The van der Waals surface area contributed by atoms with Crippen LogP contribution in [0.3, 0.4) is 0 Å². The number of carbonyl (C=O) groups excluding carboxylic acids is 2. The fourth-order valence-electron chi connectivity index (χ4n) is 8.27. The largest absolute Gasteiger partial charge is 0.341 e. The molecule has 40 heavy (non-hydrogen) atoms. The van der Waals surface area contributed by atoms with Crippen molar-refractivity contribution in [3.63, 3.8) is 0 Å². The van der Waals surface area contributed by atoms with Crippen molar-refractivity contribution in [3.05, 3.63) is 64.4 Å². The molecule has 2 unspecified atom stereocenters. The fourth-order valence-corrected chi connectivity index (χ4v) is 8.43. The molecule has 2 aliphatic carbocycles. The second-order valence-electron chi connectivity index (χ2n) is 12.4. The Morgan fingerprint density at radius 2 is 1.85 bits per heavy atom. The third kappa shape index (κ3) is 5.11. The van der Waals surface area contributed by atoms with Crippen LogP contribution in [0.5, 0.6) is 0 Å². The van der Waals surface area contributed by atoms with Gasteiger partial charge in [0.15, 0.2) is 0 Å². The standard InChI is InChI=1S/C32H42ClN5O2/c1-34-31(40)36-26-14-16-32(24-12-13-28(33)37-29(24)26)20-35-19-25(32)30(39)38-17-15-23(21-8-4-2-5-9-21)18-27(38)22-10-6-3-7-11-22/h2,4-5,8-9,12-13,22-23,25-27,35H,3,6-7,10-11,14-20H2,1H3,(H2,34,36,40)/t23-,25?,26?,27+,32+/m1/s1. The zero-order valence-corrected chi connectivity index (χ0v) is 24.3. The lowest BCUT2D eigenvalue weighted by Crippen LogP contribution is -2.55. The Labute approximate surface area is 242 Å². The molecule has 1 aromatic heterocycles. The zero-order valence-electron chi connectivity index (χ0n) is 23.5. The van der Waals surface area contributed by atoms with Crippen LogP contribution in [-0.2, 0) is 10.2 Å². The minimum Gasteiger partial charge on any atom is -0.341 e. The lowest BCUT2D eigenvalue weighted by molar-refractivity contribution is -0.143. The lowest BCUT2D eigenvalue weighted by atomic mass is 9.63. The van der Waals surface area contributed by atoms with Crippen LogP contribution in [0.1, 0.15) is 86.6 Å². The molecule has 6 rings (SSSR count). The number of halogens is 1. The molecule has 7 nitrogen and oxygen atoms in total. The predicted octanol–water partition coefficient (Wildman–Crippen LogP) is 5.31. The highest BCUT2D eigenvalue weighted by molar-refractivity contribution is 6.29. The third-order valence-corrected chi connectivity index (χ3v) is 10.5. The van der Waals surface area contributed by atoms with E-state index in [1.165, 1.54) is 37.7 Å². The van der Waals surface area contributed by atoms with Crippen LogP contribution in [0.25, 0.3) is 0 Å². The van der Waals surface area contributed by atoms with Gasteiger partial charge in [0.1, 0.15) is 5.15 Å². The van der Waals surface area contributed by atoms with Crippen LogP contribution >= 0.6 is 11.6 Å². The van der Waals surface area contributed by atoms with Gasteiger partial charge in [-0.2, -0.15) is 0 Å². The highest BCUT2D eigenvalue weighted by Crippen LogP contribution is 2.49. The van der Waals surface area contributed by atoms with Gasteiger partial charge in [0.25, 0.3) is 0 Å². The van der Waals surface area contributed by atoms with Crippen molar-refractivity contribution in [3.8, 4) is 0 Å². The first-order valence-electron chi connectivity index (χ1n) is 15.2. The summed E-state index contributed by atoms with van der Waals surface area (Å²) < 4.78 is 0. The lowest BCUT2D eigenvalue weighted by Gasteiger charge is -2.48. The molecule has 0 radical (unpaired) electrons. The number of pyridine rings is 1. The maximum atomic E-state index is 14.7. The Morgan fingerprint density at radius 1 is 1.05 bits per heavy atom. The number of piperidine rings is 1. The van der Waals surface area contributed by atoms with Gasteiger partial charge in [-0.25, -0.2) is 9.78 Å². The molecule has 5 atom stereocenters. The Balaban J connectivity index is 1.30. The van der Waals surface area contributed by atoms with Crippen molar-refractivity contribution in [2.75, 3.05) is 26.7 Å².